The lowest BCUT2D eigenvalue weighted by atomic mass is 10.1. The molecule has 0 saturated carbocycles. The van der Waals surface area contributed by atoms with Crippen LogP contribution in [0.2, 0.25) is 0 Å². The number of anilines is 1. The van der Waals surface area contributed by atoms with Crippen LogP contribution >= 0.6 is 0 Å². The number of furan rings is 1. The molecular weight excluding hydrogens is 400 g/mol. The minimum Gasteiger partial charge on any atom is -0.464 e. The van der Waals surface area contributed by atoms with Crippen molar-refractivity contribution in [1.82, 2.24) is 24.7 Å². The molecule has 0 spiro atoms. The first-order valence-electron chi connectivity index (χ1n) is 10.5. The molecule has 4 heterocycles. The van der Waals surface area contributed by atoms with Gasteiger partial charge in [-0.2, -0.15) is 5.10 Å². The van der Waals surface area contributed by atoms with Gasteiger partial charge in [0, 0.05) is 48.2 Å². The van der Waals surface area contributed by atoms with Gasteiger partial charge in [0.2, 0.25) is 0 Å². The van der Waals surface area contributed by atoms with E-state index >= 15 is 0 Å². The van der Waals surface area contributed by atoms with E-state index in [2.05, 4.69) is 44.4 Å². The van der Waals surface area contributed by atoms with Crippen molar-refractivity contribution in [2.75, 3.05) is 5.32 Å². The summed E-state index contributed by atoms with van der Waals surface area (Å²) in [6.45, 7) is 6.05. The molecule has 1 atom stereocenters. The lowest BCUT2D eigenvalue weighted by Gasteiger charge is -2.16. The van der Waals surface area contributed by atoms with Crippen LogP contribution in [0.5, 0.6) is 0 Å². The third kappa shape index (κ3) is 3.73. The number of hydrogen-bond acceptors (Lipinski definition) is 6. The van der Waals surface area contributed by atoms with Gasteiger partial charge in [0.1, 0.15) is 17.2 Å². The van der Waals surface area contributed by atoms with E-state index in [0.717, 1.165) is 50.4 Å². The van der Waals surface area contributed by atoms with Gasteiger partial charge in [-0.3, -0.25) is 9.67 Å². The van der Waals surface area contributed by atoms with Crippen molar-refractivity contribution >= 4 is 16.8 Å². The van der Waals surface area contributed by atoms with Crippen LogP contribution in [0.25, 0.3) is 33.5 Å². The summed E-state index contributed by atoms with van der Waals surface area (Å²) >= 11 is 0. The smallest absolute Gasteiger partial charge is 0.134 e. The third-order valence-electron chi connectivity index (χ3n) is 5.64. The zero-order chi connectivity index (χ0) is 22.2. The zero-order valence-electron chi connectivity index (χ0n) is 18.5. The predicted molar refractivity (Wildman–Crippen MR) is 125 cm³/mol. The van der Waals surface area contributed by atoms with Crippen LogP contribution in [0.4, 0.5) is 5.82 Å². The monoisotopic (exact) mass is 424 g/mol. The van der Waals surface area contributed by atoms with Crippen molar-refractivity contribution in [2.45, 2.75) is 26.8 Å². The Morgan fingerprint density at radius 1 is 1.00 bits per heavy atom. The van der Waals surface area contributed by atoms with Crippen molar-refractivity contribution in [3.05, 3.63) is 78.2 Å². The molecule has 0 amide bonds. The molecule has 5 rings (SSSR count). The Bertz CT molecular complexity index is 1420. The Kier molecular flexibility index (Phi) is 4.93. The Hall–Kier alpha value is -4.00. The van der Waals surface area contributed by atoms with Gasteiger partial charge in [-0.05, 0) is 62.2 Å². The topological polar surface area (TPSA) is 81.7 Å². The second-order valence-corrected chi connectivity index (χ2v) is 8.03. The summed E-state index contributed by atoms with van der Waals surface area (Å²) in [5.41, 5.74) is 7.01. The van der Waals surface area contributed by atoms with Crippen LogP contribution in [0, 0.1) is 13.8 Å². The molecule has 0 saturated heterocycles. The van der Waals surface area contributed by atoms with Crippen molar-refractivity contribution in [3.8, 4) is 22.5 Å². The first-order chi connectivity index (χ1) is 15.5. The molecule has 0 aliphatic rings. The molecule has 7 nitrogen and oxygen atoms in total. The maximum absolute atomic E-state index is 5.58. The van der Waals surface area contributed by atoms with Crippen LogP contribution in [0.1, 0.15) is 29.9 Å². The summed E-state index contributed by atoms with van der Waals surface area (Å²) in [5.74, 6) is 1.48. The maximum Gasteiger partial charge on any atom is 0.134 e. The molecule has 7 heteroatoms. The van der Waals surface area contributed by atoms with Gasteiger partial charge in [-0.1, -0.05) is 0 Å². The second kappa shape index (κ2) is 7.92. The van der Waals surface area contributed by atoms with Gasteiger partial charge in [-0.15, -0.1) is 0 Å². The first-order valence-corrected chi connectivity index (χ1v) is 10.5. The van der Waals surface area contributed by atoms with E-state index in [0.29, 0.717) is 5.82 Å². The molecule has 1 N–H and O–H groups in total. The SMILES string of the molecule is Cc1nc(N[C@@H](C)c2cncc(-c3ccnn3C)c2)cc(-c2ccc3occ(C)c3c2)n1. The first kappa shape index (κ1) is 19.9. The molecule has 0 unspecified atom stereocenters. The van der Waals surface area contributed by atoms with E-state index in [9.17, 15) is 0 Å². The highest BCUT2D eigenvalue weighted by atomic mass is 16.3. The third-order valence-corrected chi connectivity index (χ3v) is 5.64. The molecule has 1 aromatic carbocycles. The number of aromatic nitrogens is 5. The molecule has 0 aliphatic heterocycles. The second-order valence-electron chi connectivity index (χ2n) is 8.03. The van der Waals surface area contributed by atoms with Crippen molar-refractivity contribution in [3.63, 3.8) is 0 Å². The highest BCUT2D eigenvalue weighted by molar-refractivity contribution is 5.85. The van der Waals surface area contributed by atoms with Crippen LogP contribution in [0.15, 0.2) is 65.7 Å². The number of nitrogens with one attached hydrogen (secondary N) is 1. The zero-order valence-corrected chi connectivity index (χ0v) is 18.5. The van der Waals surface area contributed by atoms with Crippen LogP contribution < -0.4 is 5.32 Å². The standard InChI is InChI=1S/C25H24N6O/c1-15-14-32-24-6-5-18(10-21(15)24)22-11-25(30-17(3)29-22)28-16(2)19-9-20(13-26-12-19)23-7-8-27-31(23)4/h5-14,16H,1-4H3,(H,28,29,30)/t16-/m0/s1. The summed E-state index contributed by atoms with van der Waals surface area (Å²) in [6.07, 6.45) is 7.30. The molecule has 0 aliphatic carbocycles. The fraction of sp³-hybridized carbons (Fsp3) is 0.200. The van der Waals surface area contributed by atoms with Gasteiger partial charge in [0.15, 0.2) is 0 Å². The van der Waals surface area contributed by atoms with Crippen LogP contribution in [-0.4, -0.2) is 24.7 Å². The van der Waals surface area contributed by atoms with Gasteiger partial charge < -0.3 is 9.73 Å². The average molecular weight is 425 g/mol. The minimum absolute atomic E-state index is 0.0106. The van der Waals surface area contributed by atoms with E-state index in [1.54, 1.807) is 12.5 Å². The fourth-order valence-corrected chi connectivity index (χ4v) is 3.90. The van der Waals surface area contributed by atoms with E-state index in [1.807, 2.05) is 62.2 Å². The predicted octanol–water partition coefficient (Wildman–Crippen LogP) is 5.48. The largest absolute Gasteiger partial charge is 0.464 e. The van der Waals surface area contributed by atoms with E-state index in [-0.39, 0.29) is 6.04 Å². The molecule has 5 aromatic rings. The molecule has 32 heavy (non-hydrogen) atoms. The van der Waals surface area contributed by atoms with Gasteiger partial charge >= 0.3 is 0 Å². The highest BCUT2D eigenvalue weighted by Gasteiger charge is 2.13. The number of rotatable bonds is 5. The van der Waals surface area contributed by atoms with Crippen molar-refractivity contribution < 1.29 is 4.42 Å². The fourth-order valence-electron chi connectivity index (χ4n) is 3.90. The summed E-state index contributed by atoms with van der Waals surface area (Å²) in [7, 11) is 1.93. The average Bonchev–Trinajstić information content (AvgIpc) is 3.38. The quantitative estimate of drug-likeness (QED) is 0.403. The Balaban J connectivity index is 1.44. The molecule has 0 radical (unpaired) electrons. The van der Waals surface area contributed by atoms with Crippen LogP contribution in [0.3, 0.4) is 0 Å². The molecule has 0 bridgehead atoms. The van der Waals surface area contributed by atoms with Crippen molar-refractivity contribution in [2.24, 2.45) is 7.05 Å². The van der Waals surface area contributed by atoms with Gasteiger partial charge in [-0.25, -0.2) is 9.97 Å². The summed E-state index contributed by atoms with van der Waals surface area (Å²) in [4.78, 5) is 13.7. The molecule has 0 fully saturated rings. The number of pyridine rings is 1. The van der Waals surface area contributed by atoms with E-state index < -0.39 is 0 Å². The van der Waals surface area contributed by atoms with Crippen molar-refractivity contribution in [1.29, 1.82) is 0 Å². The number of benzene rings is 1. The van der Waals surface area contributed by atoms with E-state index in [1.165, 1.54) is 0 Å². The number of hydrogen-bond donors (Lipinski definition) is 1. The Labute approximate surface area is 186 Å². The lowest BCUT2D eigenvalue weighted by Crippen LogP contribution is -2.10. The van der Waals surface area contributed by atoms with E-state index in [4.69, 9.17) is 4.42 Å². The Morgan fingerprint density at radius 3 is 2.69 bits per heavy atom. The number of fused-ring (bicyclic) bond motifs is 1. The molecule has 160 valence electrons. The highest BCUT2D eigenvalue weighted by Crippen LogP contribution is 2.29. The number of aryl methyl sites for hydroxylation is 3. The van der Waals surface area contributed by atoms with Gasteiger partial charge in [0.05, 0.1) is 23.7 Å². The molecular formula is C25H24N6O. The Morgan fingerprint density at radius 2 is 1.88 bits per heavy atom. The lowest BCUT2D eigenvalue weighted by molar-refractivity contribution is 0.613. The summed E-state index contributed by atoms with van der Waals surface area (Å²) in [5, 5.41) is 8.86. The summed E-state index contributed by atoms with van der Waals surface area (Å²) in [6, 6.07) is 12.2. The summed E-state index contributed by atoms with van der Waals surface area (Å²) < 4.78 is 7.42. The minimum atomic E-state index is 0.0106. The molecule has 4 aromatic heterocycles. The normalized spacial score (nSPS) is 12.2. The van der Waals surface area contributed by atoms with Crippen LogP contribution in [-0.2, 0) is 7.05 Å². The number of nitrogens with zero attached hydrogens (tertiary/aromatic N) is 5. The van der Waals surface area contributed by atoms with Gasteiger partial charge in [0.25, 0.3) is 0 Å². The maximum atomic E-state index is 5.58.